The molecule has 0 heterocycles. The Morgan fingerprint density at radius 1 is 1.42 bits per heavy atom. The van der Waals surface area contributed by atoms with E-state index in [1.54, 1.807) is 0 Å². The minimum Gasteiger partial charge on any atom is -0.370 e. The number of nitrogens with two attached hydrogens (primary N) is 2. The van der Waals surface area contributed by atoms with Crippen LogP contribution >= 0.6 is 15.9 Å². The van der Waals surface area contributed by atoms with Crippen molar-refractivity contribution in [2.75, 3.05) is 0 Å². The predicted molar refractivity (Wildman–Crippen MR) is 49.6 cm³/mol. The molecule has 0 unspecified atom stereocenters. The van der Waals surface area contributed by atoms with Gasteiger partial charge in [-0.2, -0.15) is 0 Å². The highest BCUT2D eigenvalue weighted by molar-refractivity contribution is 9.10. The molecule has 0 bridgehead atoms. The molecule has 12 heavy (non-hydrogen) atoms. The Bertz CT molecular complexity index is 320. The number of rotatable bonds is 1. The topological polar surface area (TPSA) is 64.4 Å². The molecule has 0 aliphatic heterocycles. The lowest BCUT2D eigenvalue weighted by Crippen LogP contribution is -2.21. The van der Waals surface area contributed by atoms with Crippen LogP contribution in [-0.2, 0) is 0 Å². The van der Waals surface area contributed by atoms with Crippen molar-refractivity contribution in [3.63, 3.8) is 0 Å². The van der Waals surface area contributed by atoms with Crippen LogP contribution in [0.15, 0.2) is 27.7 Å². The van der Waals surface area contributed by atoms with Crippen LogP contribution in [0.1, 0.15) is 0 Å². The van der Waals surface area contributed by atoms with Crippen molar-refractivity contribution in [3.8, 4) is 0 Å². The van der Waals surface area contributed by atoms with Gasteiger partial charge < -0.3 is 11.5 Å². The Morgan fingerprint density at radius 3 is 2.67 bits per heavy atom. The molecule has 0 radical (unpaired) electrons. The standard InChI is InChI=1S/C7H7BrFN3/c8-5-2-1-4(9)3-6(5)12-7(10)11/h1-3H,(H4,10,11,12). The van der Waals surface area contributed by atoms with Crippen molar-refractivity contribution >= 4 is 27.6 Å². The maximum Gasteiger partial charge on any atom is 0.191 e. The lowest BCUT2D eigenvalue weighted by atomic mass is 10.3. The molecule has 1 aromatic carbocycles. The average molecular weight is 232 g/mol. The van der Waals surface area contributed by atoms with Crippen molar-refractivity contribution in [2.24, 2.45) is 16.5 Å². The summed E-state index contributed by atoms with van der Waals surface area (Å²) in [5.74, 6) is -0.473. The number of guanidine groups is 1. The largest absolute Gasteiger partial charge is 0.370 e. The van der Waals surface area contributed by atoms with Gasteiger partial charge in [-0.25, -0.2) is 9.38 Å². The highest BCUT2D eigenvalue weighted by atomic mass is 79.9. The van der Waals surface area contributed by atoms with E-state index in [2.05, 4.69) is 20.9 Å². The SMILES string of the molecule is NC(N)=Nc1cc(F)ccc1Br. The summed E-state index contributed by atoms with van der Waals surface area (Å²) >= 11 is 3.17. The van der Waals surface area contributed by atoms with Crippen LogP contribution < -0.4 is 11.5 Å². The van der Waals surface area contributed by atoms with Crippen LogP contribution in [0.3, 0.4) is 0 Å². The second-order valence-corrected chi connectivity index (χ2v) is 2.99. The fourth-order valence-corrected chi connectivity index (χ4v) is 1.05. The molecular formula is C7H7BrFN3. The van der Waals surface area contributed by atoms with Crippen molar-refractivity contribution in [2.45, 2.75) is 0 Å². The molecule has 0 aliphatic rings. The molecule has 64 valence electrons. The number of nitrogens with zero attached hydrogens (tertiary/aromatic N) is 1. The highest BCUT2D eigenvalue weighted by Gasteiger charge is 1.99. The molecule has 0 fully saturated rings. The summed E-state index contributed by atoms with van der Waals surface area (Å²) < 4.78 is 13.3. The predicted octanol–water partition coefficient (Wildman–Crippen LogP) is 1.49. The van der Waals surface area contributed by atoms with Crippen LogP contribution in [0.5, 0.6) is 0 Å². The summed E-state index contributed by atoms with van der Waals surface area (Å²) in [5, 5.41) is 0. The number of hydrogen-bond donors (Lipinski definition) is 2. The molecule has 1 rings (SSSR count). The van der Waals surface area contributed by atoms with Crippen LogP contribution in [0.25, 0.3) is 0 Å². The fraction of sp³-hybridized carbons (Fsp3) is 0. The van der Waals surface area contributed by atoms with Gasteiger partial charge in [-0.1, -0.05) is 0 Å². The van der Waals surface area contributed by atoms with Gasteiger partial charge in [0.1, 0.15) is 5.82 Å². The van der Waals surface area contributed by atoms with Crippen molar-refractivity contribution in [1.82, 2.24) is 0 Å². The van der Waals surface area contributed by atoms with E-state index in [0.29, 0.717) is 10.2 Å². The van der Waals surface area contributed by atoms with Crippen LogP contribution in [0.2, 0.25) is 0 Å². The molecular weight excluding hydrogens is 225 g/mol. The van der Waals surface area contributed by atoms with Crippen molar-refractivity contribution < 1.29 is 4.39 Å². The maximum atomic E-state index is 12.6. The molecule has 3 nitrogen and oxygen atoms in total. The first-order valence-corrected chi connectivity index (χ1v) is 3.93. The Kier molecular flexibility index (Phi) is 2.65. The lowest BCUT2D eigenvalue weighted by Gasteiger charge is -1.98. The monoisotopic (exact) mass is 231 g/mol. The van der Waals surface area contributed by atoms with Crippen LogP contribution in [0, 0.1) is 5.82 Å². The third kappa shape index (κ3) is 2.20. The maximum absolute atomic E-state index is 12.6. The smallest absolute Gasteiger partial charge is 0.191 e. The van der Waals surface area contributed by atoms with Crippen molar-refractivity contribution in [1.29, 1.82) is 0 Å². The Balaban J connectivity index is 3.14. The molecule has 0 atom stereocenters. The summed E-state index contributed by atoms with van der Waals surface area (Å²) in [6.45, 7) is 0. The first-order valence-electron chi connectivity index (χ1n) is 3.14. The van der Waals surface area contributed by atoms with E-state index in [-0.39, 0.29) is 11.8 Å². The Hall–Kier alpha value is -1.10. The summed E-state index contributed by atoms with van der Waals surface area (Å²) in [5.41, 5.74) is 10.6. The zero-order chi connectivity index (χ0) is 9.14. The van der Waals surface area contributed by atoms with Gasteiger partial charge in [0.2, 0.25) is 0 Å². The van der Waals surface area contributed by atoms with Crippen LogP contribution in [-0.4, -0.2) is 5.96 Å². The lowest BCUT2D eigenvalue weighted by molar-refractivity contribution is 0.628. The van der Waals surface area contributed by atoms with Gasteiger partial charge in [0, 0.05) is 10.5 Å². The molecule has 0 saturated carbocycles. The molecule has 1 aromatic rings. The molecule has 0 amide bonds. The molecule has 0 saturated heterocycles. The van der Waals surface area contributed by atoms with Gasteiger partial charge >= 0.3 is 0 Å². The number of halogens is 2. The third-order valence-corrected chi connectivity index (χ3v) is 1.83. The second kappa shape index (κ2) is 3.53. The summed E-state index contributed by atoms with van der Waals surface area (Å²) in [4.78, 5) is 3.71. The van der Waals surface area contributed by atoms with E-state index in [4.69, 9.17) is 11.5 Å². The molecule has 5 heteroatoms. The van der Waals surface area contributed by atoms with Gasteiger partial charge in [-0.15, -0.1) is 0 Å². The first kappa shape index (κ1) is 8.99. The van der Waals surface area contributed by atoms with E-state index in [1.165, 1.54) is 18.2 Å². The zero-order valence-corrected chi connectivity index (χ0v) is 7.68. The molecule has 0 aliphatic carbocycles. The normalized spacial score (nSPS) is 9.50. The minimum atomic E-state index is -0.377. The summed E-state index contributed by atoms with van der Waals surface area (Å²) in [6, 6.07) is 4.09. The third-order valence-electron chi connectivity index (χ3n) is 1.16. The summed E-state index contributed by atoms with van der Waals surface area (Å²) in [7, 11) is 0. The van der Waals surface area contributed by atoms with Gasteiger partial charge in [-0.3, -0.25) is 0 Å². The van der Waals surface area contributed by atoms with Gasteiger partial charge in [-0.05, 0) is 28.1 Å². The Morgan fingerprint density at radius 2 is 2.08 bits per heavy atom. The van der Waals surface area contributed by atoms with E-state index < -0.39 is 0 Å². The van der Waals surface area contributed by atoms with Crippen molar-refractivity contribution in [3.05, 3.63) is 28.5 Å². The molecule has 0 spiro atoms. The van der Waals surface area contributed by atoms with Gasteiger partial charge in [0.25, 0.3) is 0 Å². The average Bonchev–Trinajstić information content (AvgIpc) is 1.96. The zero-order valence-electron chi connectivity index (χ0n) is 6.09. The second-order valence-electron chi connectivity index (χ2n) is 2.13. The molecule has 0 aromatic heterocycles. The van der Waals surface area contributed by atoms with E-state index in [0.717, 1.165) is 0 Å². The summed E-state index contributed by atoms with van der Waals surface area (Å²) in [6.07, 6.45) is 0. The number of hydrogen-bond acceptors (Lipinski definition) is 1. The highest BCUT2D eigenvalue weighted by Crippen LogP contribution is 2.25. The van der Waals surface area contributed by atoms with Gasteiger partial charge in [0.05, 0.1) is 5.69 Å². The fourth-order valence-electron chi connectivity index (χ4n) is 0.711. The number of aliphatic imine (C=N–C) groups is 1. The van der Waals surface area contributed by atoms with E-state index in [1.807, 2.05) is 0 Å². The number of benzene rings is 1. The minimum absolute atomic E-state index is 0.0960. The quantitative estimate of drug-likeness (QED) is 0.569. The van der Waals surface area contributed by atoms with Gasteiger partial charge in [0.15, 0.2) is 5.96 Å². The molecule has 4 N–H and O–H groups in total. The van der Waals surface area contributed by atoms with E-state index >= 15 is 0 Å². The first-order chi connectivity index (χ1) is 5.59. The van der Waals surface area contributed by atoms with Crippen LogP contribution in [0.4, 0.5) is 10.1 Å². The van der Waals surface area contributed by atoms with E-state index in [9.17, 15) is 4.39 Å². The Labute approximate surface area is 77.4 Å².